The molecule has 1 heterocycles. The van der Waals surface area contributed by atoms with Gasteiger partial charge in [-0.05, 0) is 24.3 Å². The highest BCUT2D eigenvalue weighted by atomic mass is 35.5. The summed E-state index contributed by atoms with van der Waals surface area (Å²) >= 11 is 11.9. The van der Waals surface area contributed by atoms with E-state index in [2.05, 4.69) is 5.32 Å². The Morgan fingerprint density at radius 2 is 1.83 bits per heavy atom. The molecule has 0 bridgehead atoms. The van der Waals surface area contributed by atoms with Gasteiger partial charge in [0, 0.05) is 0 Å². The van der Waals surface area contributed by atoms with E-state index in [-0.39, 0.29) is 26.7 Å². The molecular weight excluding hydrogens is 341 g/mol. The van der Waals surface area contributed by atoms with E-state index in [0.29, 0.717) is 0 Å². The van der Waals surface area contributed by atoms with E-state index < -0.39 is 22.8 Å². The molecule has 0 aliphatic rings. The highest BCUT2D eigenvalue weighted by Crippen LogP contribution is 2.31. The Morgan fingerprint density at radius 3 is 2.61 bits per heavy atom. The van der Waals surface area contributed by atoms with Crippen LogP contribution in [-0.2, 0) is 0 Å². The number of amides is 1. The van der Waals surface area contributed by atoms with Gasteiger partial charge in [0.1, 0.15) is 11.3 Å². The predicted octanol–water partition coefficient (Wildman–Crippen LogP) is 4.06. The number of fused-ring (bicyclic) bond motifs is 1. The van der Waals surface area contributed by atoms with Crippen LogP contribution in [0.25, 0.3) is 11.0 Å². The number of anilines is 1. The fraction of sp³-hybridized carbons (Fsp3) is 0. The molecule has 23 heavy (non-hydrogen) atoms. The van der Waals surface area contributed by atoms with Gasteiger partial charge in [0.05, 0.1) is 21.1 Å². The number of hydrogen-bond donors (Lipinski definition) is 2. The minimum Gasteiger partial charge on any atom is -0.506 e. The number of benzene rings is 2. The van der Waals surface area contributed by atoms with Crippen molar-refractivity contribution in [2.75, 3.05) is 5.32 Å². The first-order chi connectivity index (χ1) is 11.0. The molecule has 0 aliphatic carbocycles. The molecule has 7 heteroatoms. The van der Waals surface area contributed by atoms with Crippen LogP contribution in [-0.4, -0.2) is 11.0 Å². The summed E-state index contributed by atoms with van der Waals surface area (Å²) < 4.78 is 5.05. The number of rotatable bonds is 2. The summed E-state index contributed by atoms with van der Waals surface area (Å²) in [5, 5.41) is 13.3. The topological polar surface area (TPSA) is 79.5 Å². The number of nitrogens with one attached hydrogen (secondary N) is 1. The SMILES string of the molecule is O=C(Nc1cccc(Cl)c1Cl)c1c(O)c2ccccc2oc1=O. The smallest absolute Gasteiger partial charge is 0.353 e. The lowest BCUT2D eigenvalue weighted by Crippen LogP contribution is -2.21. The predicted molar refractivity (Wildman–Crippen MR) is 88.6 cm³/mol. The highest BCUT2D eigenvalue weighted by Gasteiger charge is 2.21. The zero-order valence-corrected chi connectivity index (χ0v) is 13.0. The van der Waals surface area contributed by atoms with Crippen molar-refractivity contribution in [3.05, 3.63) is 68.5 Å². The summed E-state index contributed by atoms with van der Waals surface area (Å²) in [6.45, 7) is 0. The molecule has 1 aromatic heterocycles. The third-order valence-corrected chi connectivity index (χ3v) is 4.03. The van der Waals surface area contributed by atoms with E-state index in [1.54, 1.807) is 24.3 Å². The molecule has 0 atom stereocenters. The van der Waals surface area contributed by atoms with Crippen molar-refractivity contribution in [3.8, 4) is 5.75 Å². The van der Waals surface area contributed by atoms with Crippen LogP contribution in [0.5, 0.6) is 5.75 Å². The number of carbonyl (C=O) groups is 1. The molecule has 0 fully saturated rings. The summed E-state index contributed by atoms with van der Waals surface area (Å²) in [5.74, 6) is -1.29. The third-order valence-electron chi connectivity index (χ3n) is 3.21. The average Bonchev–Trinajstić information content (AvgIpc) is 2.52. The molecule has 0 saturated carbocycles. The number of hydrogen-bond acceptors (Lipinski definition) is 4. The molecule has 2 N–H and O–H groups in total. The minimum absolute atomic E-state index is 0.132. The van der Waals surface area contributed by atoms with Gasteiger partial charge in [-0.15, -0.1) is 0 Å². The lowest BCUT2D eigenvalue weighted by molar-refractivity contribution is 0.102. The Kier molecular flexibility index (Phi) is 3.98. The molecule has 5 nitrogen and oxygen atoms in total. The molecule has 0 aliphatic heterocycles. The van der Waals surface area contributed by atoms with Gasteiger partial charge in [-0.3, -0.25) is 4.79 Å². The molecule has 1 amide bonds. The number of para-hydroxylation sites is 1. The summed E-state index contributed by atoms with van der Waals surface area (Å²) in [6, 6.07) is 11.0. The number of aromatic hydroxyl groups is 1. The van der Waals surface area contributed by atoms with E-state index in [9.17, 15) is 14.7 Å². The van der Waals surface area contributed by atoms with Gasteiger partial charge in [-0.1, -0.05) is 41.4 Å². The molecule has 0 spiro atoms. The van der Waals surface area contributed by atoms with E-state index in [0.717, 1.165) is 0 Å². The highest BCUT2D eigenvalue weighted by molar-refractivity contribution is 6.44. The van der Waals surface area contributed by atoms with Gasteiger partial charge in [0.15, 0.2) is 5.56 Å². The zero-order valence-electron chi connectivity index (χ0n) is 11.5. The molecule has 116 valence electrons. The summed E-state index contributed by atoms with van der Waals surface area (Å²) in [7, 11) is 0. The Morgan fingerprint density at radius 1 is 1.09 bits per heavy atom. The molecule has 3 aromatic rings. The van der Waals surface area contributed by atoms with Crippen molar-refractivity contribution in [1.82, 2.24) is 0 Å². The van der Waals surface area contributed by atoms with E-state index in [4.69, 9.17) is 27.6 Å². The Bertz CT molecular complexity index is 981. The fourth-order valence-electron chi connectivity index (χ4n) is 2.12. The third kappa shape index (κ3) is 2.76. The van der Waals surface area contributed by atoms with E-state index in [1.807, 2.05) is 0 Å². The Labute approximate surface area is 140 Å². The van der Waals surface area contributed by atoms with Crippen molar-refractivity contribution < 1.29 is 14.3 Å². The Balaban J connectivity index is 2.08. The average molecular weight is 350 g/mol. The first-order valence-corrected chi connectivity index (χ1v) is 7.25. The maximum absolute atomic E-state index is 12.3. The second-order valence-corrected chi connectivity index (χ2v) is 5.45. The molecule has 2 aromatic carbocycles. The van der Waals surface area contributed by atoms with Gasteiger partial charge >= 0.3 is 5.63 Å². The largest absolute Gasteiger partial charge is 0.506 e. The first kappa shape index (κ1) is 15.4. The molecule has 0 unspecified atom stereocenters. The number of carbonyl (C=O) groups excluding carboxylic acids is 1. The van der Waals surface area contributed by atoms with Crippen LogP contribution in [0.3, 0.4) is 0 Å². The minimum atomic E-state index is -0.947. The van der Waals surface area contributed by atoms with Crippen molar-refractivity contribution >= 4 is 45.8 Å². The number of halogens is 2. The monoisotopic (exact) mass is 349 g/mol. The standard InChI is InChI=1S/C16H9Cl2NO4/c17-9-5-3-6-10(13(9)18)19-15(21)12-14(20)8-4-1-2-7-11(8)23-16(12)22/h1-7,20H,(H,19,21). The van der Waals surface area contributed by atoms with Crippen LogP contribution < -0.4 is 10.9 Å². The second-order valence-electron chi connectivity index (χ2n) is 4.66. The first-order valence-electron chi connectivity index (χ1n) is 6.49. The van der Waals surface area contributed by atoms with Crippen LogP contribution in [0.15, 0.2) is 51.7 Å². The molecule has 0 saturated heterocycles. The summed E-state index contributed by atoms with van der Waals surface area (Å²) in [4.78, 5) is 24.3. The lowest BCUT2D eigenvalue weighted by atomic mass is 10.1. The molecular formula is C16H9Cl2NO4. The van der Waals surface area contributed by atoms with Gasteiger partial charge in [-0.25, -0.2) is 4.79 Å². The quantitative estimate of drug-likeness (QED) is 0.683. The zero-order chi connectivity index (χ0) is 16.6. The van der Waals surface area contributed by atoms with E-state index >= 15 is 0 Å². The van der Waals surface area contributed by atoms with Gasteiger partial charge < -0.3 is 14.8 Å². The van der Waals surface area contributed by atoms with Gasteiger partial charge in [0.25, 0.3) is 5.91 Å². The van der Waals surface area contributed by atoms with Crippen molar-refractivity contribution in [3.63, 3.8) is 0 Å². The fourth-order valence-corrected chi connectivity index (χ4v) is 2.47. The van der Waals surface area contributed by atoms with Crippen LogP contribution in [0.1, 0.15) is 10.4 Å². The summed E-state index contributed by atoms with van der Waals surface area (Å²) in [6.07, 6.45) is 0. The Hall–Kier alpha value is -2.50. The van der Waals surface area contributed by atoms with Gasteiger partial charge in [0.2, 0.25) is 0 Å². The molecule has 0 radical (unpaired) electrons. The van der Waals surface area contributed by atoms with Crippen LogP contribution in [0, 0.1) is 0 Å². The molecule has 3 rings (SSSR count). The van der Waals surface area contributed by atoms with Crippen LogP contribution in [0.2, 0.25) is 10.0 Å². The van der Waals surface area contributed by atoms with Crippen molar-refractivity contribution in [2.24, 2.45) is 0 Å². The lowest BCUT2D eigenvalue weighted by Gasteiger charge is -2.09. The maximum atomic E-state index is 12.3. The normalized spacial score (nSPS) is 10.7. The second kappa shape index (κ2) is 5.95. The van der Waals surface area contributed by atoms with E-state index in [1.165, 1.54) is 18.2 Å². The van der Waals surface area contributed by atoms with Crippen LogP contribution in [0.4, 0.5) is 5.69 Å². The summed E-state index contributed by atoms with van der Waals surface area (Å²) in [5.41, 5.74) is -1.04. The maximum Gasteiger partial charge on any atom is 0.353 e. The van der Waals surface area contributed by atoms with Gasteiger partial charge in [-0.2, -0.15) is 0 Å². The van der Waals surface area contributed by atoms with Crippen molar-refractivity contribution in [2.45, 2.75) is 0 Å². The van der Waals surface area contributed by atoms with Crippen molar-refractivity contribution in [1.29, 1.82) is 0 Å². The van der Waals surface area contributed by atoms with Crippen LogP contribution >= 0.6 is 23.2 Å².